The van der Waals surface area contributed by atoms with E-state index in [1.54, 1.807) is 6.42 Å². The summed E-state index contributed by atoms with van der Waals surface area (Å²) < 4.78 is 1.06. The Bertz CT molecular complexity index is 189. The van der Waals surface area contributed by atoms with Gasteiger partial charge in [0.25, 0.3) is 0 Å². The Balaban J connectivity index is 2.91. The summed E-state index contributed by atoms with van der Waals surface area (Å²) in [6.07, 6.45) is 1.76. The quantitative estimate of drug-likeness (QED) is 0.558. The first kappa shape index (κ1) is 9.65. The van der Waals surface area contributed by atoms with Gasteiger partial charge in [-0.05, 0) is 0 Å². The Kier molecular flexibility index (Phi) is 2.03. The van der Waals surface area contributed by atoms with Gasteiger partial charge in [-0.25, -0.2) is 0 Å². The van der Waals surface area contributed by atoms with E-state index in [1.165, 1.54) is 0 Å². The molecule has 0 aliphatic carbocycles. The first-order valence-electron chi connectivity index (χ1n) is 4.27. The molecule has 0 aromatic carbocycles. The molecular weight excluding hydrogens is 154 g/mol. The van der Waals surface area contributed by atoms with Crippen molar-refractivity contribution in [2.75, 3.05) is 0 Å². The summed E-state index contributed by atoms with van der Waals surface area (Å²) in [7, 11) is 0. The lowest BCUT2D eigenvalue weighted by Crippen LogP contribution is -2.55. The molecule has 1 heterocycles. The van der Waals surface area contributed by atoms with Crippen LogP contribution in [-0.2, 0) is 0 Å². The summed E-state index contributed by atoms with van der Waals surface area (Å²) in [5.74, 6) is 0. The van der Waals surface area contributed by atoms with Crippen molar-refractivity contribution in [1.82, 2.24) is 0 Å². The third-order valence-corrected chi connectivity index (χ3v) is 2.38. The zero-order chi connectivity index (χ0) is 9.57. The molecule has 0 aromatic heterocycles. The molecule has 1 fully saturated rings. The van der Waals surface area contributed by atoms with Crippen LogP contribution in [0, 0.1) is 11.3 Å². The number of aliphatic hydroxyl groups is 1. The molecule has 1 unspecified atom stereocenters. The van der Waals surface area contributed by atoms with E-state index in [0.29, 0.717) is 6.42 Å². The SMILES string of the molecule is CC1(C)[CH]C(O)CC(C)(C)[N+]1=O. The molecule has 1 saturated heterocycles. The summed E-state index contributed by atoms with van der Waals surface area (Å²) in [5.41, 5.74) is -1.02. The van der Waals surface area contributed by atoms with Gasteiger partial charge in [0.2, 0.25) is 11.1 Å². The van der Waals surface area contributed by atoms with E-state index in [1.807, 2.05) is 27.7 Å². The van der Waals surface area contributed by atoms with Crippen LogP contribution < -0.4 is 0 Å². The van der Waals surface area contributed by atoms with E-state index in [9.17, 15) is 10.0 Å². The van der Waals surface area contributed by atoms with Crippen molar-refractivity contribution in [2.45, 2.75) is 51.3 Å². The van der Waals surface area contributed by atoms with E-state index in [2.05, 4.69) is 0 Å². The summed E-state index contributed by atoms with van der Waals surface area (Å²) in [4.78, 5) is 11.7. The van der Waals surface area contributed by atoms with E-state index in [-0.39, 0.29) is 0 Å². The second-order valence-corrected chi connectivity index (χ2v) is 4.70. The molecule has 69 valence electrons. The lowest BCUT2D eigenvalue weighted by Gasteiger charge is -2.33. The van der Waals surface area contributed by atoms with E-state index in [0.717, 1.165) is 4.76 Å². The molecular formula is C9H17NO2+. The smallest absolute Gasteiger partial charge is 0.211 e. The van der Waals surface area contributed by atoms with Crippen molar-refractivity contribution in [2.24, 2.45) is 0 Å². The molecule has 3 nitrogen and oxygen atoms in total. The predicted molar refractivity (Wildman–Crippen MR) is 46.7 cm³/mol. The molecule has 12 heavy (non-hydrogen) atoms. The standard InChI is InChI=1S/C9H17NO2/c1-8(2)5-7(11)6-9(3,4)10(8)12/h5,7,11H,6H2,1-4H3/q+1. The van der Waals surface area contributed by atoms with Crippen LogP contribution in [0.1, 0.15) is 34.1 Å². The van der Waals surface area contributed by atoms with E-state index in [4.69, 9.17) is 0 Å². The Hall–Kier alpha value is -0.440. The molecule has 1 N–H and O–H groups in total. The third kappa shape index (κ3) is 1.51. The zero-order valence-corrected chi connectivity index (χ0v) is 8.16. The van der Waals surface area contributed by atoms with Gasteiger partial charge in [-0.15, -0.1) is 0 Å². The minimum Gasteiger partial charge on any atom is -0.392 e. The van der Waals surface area contributed by atoms with Gasteiger partial charge < -0.3 is 5.11 Å². The van der Waals surface area contributed by atoms with Crippen molar-refractivity contribution in [3.63, 3.8) is 0 Å². The Morgan fingerprint density at radius 1 is 1.42 bits per heavy atom. The van der Waals surface area contributed by atoms with Crippen LogP contribution in [0.25, 0.3) is 0 Å². The van der Waals surface area contributed by atoms with Crippen LogP contribution in [0.4, 0.5) is 0 Å². The fourth-order valence-electron chi connectivity index (χ4n) is 1.97. The van der Waals surface area contributed by atoms with Crippen molar-refractivity contribution in [1.29, 1.82) is 0 Å². The Morgan fingerprint density at radius 2 is 1.92 bits per heavy atom. The highest BCUT2D eigenvalue weighted by molar-refractivity contribution is 4.99. The minimum atomic E-state index is -0.554. The number of rotatable bonds is 0. The van der Waals surface area contributed by atoms with Crippen LogP contribution in [-0.4, -0.2) is 27.0 Å². The fourth-order valence-corrected chi connectivity index (χ4v) is 1.97. The second-order valence-electron chi connectivity index (χ2n) is 4.70. The van der Waals surface area contributed by atoms with Gasteiger partial charge in [0.1, 0.15) is 0 Å². The van der Waals surface area contributed by atoms with Crippen molar-refractivity contribution in [3.05, 3.63) is 11.3 Å². The topological polar surface area (TPSA) is 40.3 Å². The monoisotopic (exact) mass is 171 g/mol. The van der Waals surface area contributed by atoms with Crippen molar-refractivity contribution in [3.8, 4) is 0 Å². The second kappa shape index (κ2) is 2.52. The number of nitroso groups, excluding NO2 is 1. The van der Waals surface area contributed by atoms with Gasteiger partial charge in [0.15, 0.2) is 0 Å². The summed E-state index contributed by atoms with van der Waals surface area (Å²) >= 11 is 0. The van der Waals surface area contributed by atoms with Gasteiger partial charge in [0, 0.05) is 43.8 Å². The lowest BCUT2D eigenvalue weighted by molar-refractivity contribution is -0.684. The molecule has 0 saturated carbocycles. The third-order valence-electron chi connectivity index (χ3n) is 2.38. The first-order valence-corrected chi connectivity index (χ1v) is 4.27. The summed E-state index contributed by atoms with van der Waals surface area (Å²) in [5, 5.41) is 9.48. The minimum absolute atomic E-state index is 0.458. The average molecular weight is 171 g/mol. The van der Waals surface area contributed by atoms with Gasteiger partial charge in [-0.3, -0.25) is 0 Å². The van der Waals surface area contributed by atoms with E-state index >= 15 is 0 Å². The Morgan fingerprint density at radius 3 is 2.33 bits per heavy atom. The molecule has 3 heteroatoms. The largest absolute Gasteiger partial charge is 0.392 e. The molecule has 0 aromatic rings. The van der Waals surface area contributed by atoms with Gasteiger partial charge >= 0.3 is 0 Å². The Labute approximate surface area is 73.4 Å². The summed E-state index contributed by atoms with van der Waals surface area (Å²) in [6, 6.07) is 0. The highest BCUT2D eigenvalue weighted by Crippen LogP contribution is 2.33. The van der Waals surface area contributed by atoms with Crippen LogP contribution in [0.2, 0.25) is 0 Å². The maximum Gasteiger partial charge on any atom is 0.211 e. The fraction of sp³-hybridized carbons (Fsp3) is 0.889. The molecule has 0 spiro atoms. The number of hydrogen-bond acceptors (Lipinski definition) is 2. The van der Waals surface area contributed by atoms with Crippen LogP contribution in [0.3, 0.4) is 0 Å². The maximum atomic E-state index is 11.7. The molecule has 1 radical (unpaired) electrons. The van der Waals surface area contributed by atoms with Crippen molar-refractivity contribution < 1.29 is 9.87 Å². The molecule has 0 bridgehead atoms. The highest BCUT2D eigenvalue weighted by atomic mass is 16.3. The number of aliphatic hydroxyl groups excluding tert-OH is 1. The number of piperidine rings is 1. The van der Waals surface area contributed by atoms with Crippen LogP contribution in [0.5, 0.6) is 0 Å². The number of hydrogen-bond donors (Lipinski definition) is 1. The number of nitrogens with zero attached hydrogens (tertiary/aromatic N) is 1. The maximum absolute atomic E-state index is 11.7. The summed E-state index contributed by atoms with van der Waals surface area (Å²) in [6.45, 7) is 7.37. The van der Waals surface area contributed by atoms with Gasteiger partial charge in [-0.2, -0.15) is 0 Å². The molecule has 1 atom stereocenters. The van der Waals surface area contributed by atoms with Gasteiger partial charge in [-0.1, -0.05) is 0 Å². The molecule has 1 aliphatic heterocycles. The average Bonchev–Trinajstić information content (AvgIpc) is 1.80. The van der Waals surface area contributed by atoms with Gasteiger partial charge in [0.05, 0.1) is 12.5 Å². The van der Waals surface area contributed by atoms with Crippen LogP contribution >= 0.6 is 0 Å². The highest BCUT2D eigenvalue weighted by Gasteiger charge is 2.53. The molecule has 0 amide bonds. The predicted octanol–water partition coefficient (Wildman–Crippen LogP) is 1.29. The first-order chi connectivity index (χ1) is 5.26. The van der Waals surface area contributed by atoms with Crippen LogP contribution in [0.15, 0.2) is 0 Å². The van der Waals surface area contributed by atoms with Crippen molar-refractivity contribution >= 4 is 0 Å². The lowest BCUT2D eigenvalue weighted by atomic mass is 9.81. The normalized spacial score (nSPS) is 28.9. The van der Waals surface area contributed by atoms with E-state index < -0.39 is 17.2 Å². The molecule has 1 rings (SSSR count). The zero-order valence-electron chi connectivity index (χ0n) is 8.16. The molecule has 1 aliphatic rings.